The number of methoxy groups -OCH3 is 1. The molecule has 2 aromatic rings. The predicted molar refractivity (Wildman–Crippen MR) is 90.8 cm³/mol. The molecular formula is C18H24N4O2. The molecule has 6 nitrogen and oxygen atoms in total. The van der Waals surface area contributed by atoms with Crippen LogP contribution in [0.2, 0.25) is 0 Å². The molecule has 1 amide bonds. The summed E-state index contributed by atoms with van der Waals surface area (Å²) in [4.78, 5) is 14.7. The standard InChI is InChI=1S/C18H24N4O2/c1-13-8-14(2)10-15(9-13)18(23)21-6-4-16(5-7-21)22-12-19-20-17(22)11-24-3/h8-10,12,16H,4-7,11H2,1-3H3. The molecule has 1 aromatic heterocycles. The monoisotopic (exact) mass is 328 g/mol. The molecule has 6 heteroatoms. The fourth-order valence-corrected chi connectivity index (χ4v) is 3.43. The summed E-state index contributed by atoms with van der Waals surface area (Å²) >= 11 is 0. The van der Waals surface area contributed by atoms with Crippen molar-refractivity contribution in [3.8, 4) is 0 Å². The molecule has 1 aliphatic heterocycles. The van der Waals surface area contributed by atoms with Crippen LogP contribution < -0.4 is 0 Å². The minimum absolute atomic E-state index is 0.126. The van der Waals surface area contributed by atoms with E-state index in [-0.39, 0.29) is 5.91 Å². The lowest BCUT2D eigenvalue weighted by Crippen LogP contribution is -2.39. The van der Waals surface area contributed by atoms with Crippen LogP contribution in [0.5, 0.6) is 0 Å². The number of aryl methyl sites for hydroxylation is 2. The second kappa shape index (κ2) is 7.13. The first-order valence-corrected chi connectivity index (χ1v) is 8.33. The fourth-order valence-electron chi connectivity index (χ4n) is 3.43. The van der Waals surface area contributed by atoms with Gasteiger partial charge in [-0.15, -0.1) is 10.2 Å². The highest BCUT2D eigenvalue weighted by Crippen LogP contribution is 2.25. The summed E-state index contributed by atoms with van der Waals surface area (Å²) in [5.41, 5.74) is 3.04. The highest BCUT2D eigenvalue weighted by atomic mass is 16.5. The van der Waals surface area contributed by atoms with Gasteiger partial charge in [-0.25, -0.2) is 0 Å². The summed E-state index contributed by atoms with van der Waals surface area (Å²) in [6.07, 6.45) is 3.58. The first kappa shape index (κ1) is 16.6. The van der Waals surface area contributed by atoms with Gasteiger partial charge < -0.3 is 14.2 Å². The van der Waals surface area contributed by atoms with Crippen LogP contribution in [-0.4, -0.2) is 45.8 Å². The van der Waals surface area contributed by atoms with Crippen molar-refractivity contribution in [1.29, 1.82) is 0 Å². The minimum atomic E-state index is 0.126. The molecule has 0 aliphatic carbocycles. The summed E-state index contributed by atoms with van der Waals surface area (Å²) in [6, 6.07) is 6.36. The molecule has 0 bridgehead atoms. The minimum Gasteiger partial charge on any atom is -0.377 e. The maximum Gasteiger partial charge on any atom is 0.253 e. The largest absolute Gasteiger partial charge is 0.377 e. The number of amides is 1. The van der Waals surface area contributed by atoms with Crippen LogP contribution in [0.4, 0.5) is 0 Å². The zero-order chi connectivity index (χ0) is 17.1. The van der Waals surface area contributed by atoms with Crippen molar-refractivity contribution < 1.29 is 9.53 Å². The Balaban J connectivity index is 1.66. The van der Waals surface area contributed by atoms with E-state index in [0.29, 0.717) is 12.6 Å². The third-order valence-electron chi connectivity index (χ3n) is 4.53. The average molecular weight is 328 g/mol. The number of likely N-dealkylation sites (tertiary alicyclic amines) is 1. The van der Waals surface area contributed by atoms with E-state index in [4.69, 9.17) is 4.74 Å². The number of hydrogen-bond acceptors (Lipinski definition) is 4. The Hall–Kier alpha value is -2.21. The molecule has 128 valence electrons. The summed E-state index contributed by atoms with van der Waals surface area (Å²) in [7, 11) is 1.66. The molecule has 0 N–H and O–H groups in total. The third kappa shape index (κ3) is 3.48. The summed E-state index contributed by atoms with van der Waals surface area (Å²) in [6.45, 7) is 6.02. The quantitative estimate of drug-likeness (QED) is 0.865. The van der Waals surface area contributed by atoms with Crippen molar-refractivity contribution in [2.75, 3.05) is 20.2 Å². The van der Waals surface area contributed by atoms with E-state index in [9.17, 15) is 4.79 Å². The lowest BCUT2D eigenvalue weighted by molar-refractivity contribution is 0.0690. The molecule has 2 heterocycles. The van der Waals surface area contributed by atoms with Crippen LogP contribution in [0.25, 0.3) is 0 Å². The van der Waals surface area contributed by atoms with Crippen LogP contribution in [0, 0.1) is 13.8 Å². The number of ether oxygens (including phenoxy) is 1. The lowest BCUT2D eigenvalue weighted by atomic mass is 10.0. The van der Waals surface area contributed by atoms with Gasteiger partial charge in [-0.05, 0) is 38.8 Å². The molecule has 0 spiro atoms. The number of hydrogen-bond donors (Lipinski definition) is 0. The van der Waals surface area contributed by atoms with E-state index in [1.165, 1.54) is 0 Å². The van der Waals surface area contributed by atoms with Gasteiger partial charge in [-0.2, -0.15) is 0 Å². The van der Waals surface area contributed by atoms with E-state index in [1.807, 2.05) is 30.9 Å². The summed E-state index contributed by atoms with van der Waals surface area (Å²) < 4.78 is 7.25. The zero-order valence-corrected chi connectivity index (χ0v) is 14.5. The van der Waals surface area contributed by atoms with Crippen molar-refractivity contribution >= 4 is 5.91 Å². The lowest BCUT2D eigenvalue weighted by Gasteiger charge is -2.33. The molecule has 24 heavy (non-hydrogen) atoms. The molecule has 0 unspecified atom stereocenters. The second-order valence-corrected chi connectivity index (χ2v) is 6.49. The molecular weight excluding hydrogens is 304 g/mol. The Morgan fingerprint density at radius 1 is 1.21 bits per heavy atom. The highest BCUT2D eigenvalue weighted by molar-refractivity contribution is 5.94. The first-order chi connectivity index (χ1) is 11.6. The molecule has 1 aromatic carbocycles. The predicted octanol–water partition coefficient (Wildman–Crippen LogP) is 2.52. The number of carbonyl (C=O) groups excluding carboxylic acids is 1. The van der Waals surface area contributed by atoms with Crippen molar-refractivity contribution in [3.63, 3.8) is 0 Å². The zero-order valence-electron chi connectivity index (χ0n) is 14.5. The average Bonchev–Trinajstić information content (AvgIpc) is 3.02. The van der Waals surface area contributed by atoms with Gasteiger partial charge in [0, 0.05) is 31.8 Å². The summed E-state index contributed by atoms with van der Waals surface area (Å²) in [5.74, 6) is 0.970. The van der Waals surface area contributed by atoms with E-state index in [0.717, 1.165) is 48.4 Å². The number of piperidine rings is 1. The van der Waals surface area contributed by atoms with Crippen molar-refractivity contribution in [3.05, 3.63) is 47.0 Å². The third-order valence-corrected chi connectivity index (χ3v) is 4.53. The van der Waals surface area contributed by atoms with Crippen molar-refractivity contribution in [2.24, 2.45) is 0 Å². The van der Waals surface area contributed by atoms with Crippen molar-refractivity contribution in [2.45, 2.75) is 39.3 Å². The number of rotatable bonds is 4. The van der Waals surface area contributed by atoms with Crippen LogP contribution in [0.15, 0.2) is 24.5 Å². The van der Waals surface area contributed by atoms with Gasteiger partial charge in [-0.1, -0.05) is 17.2 Å². The molecule has 1 aliphatic rings. The molecule has 0 atom stereocenters. The number of carbonyl (C=O) groups is 1. The number of aromatic nitrogens is 3. The smallest absolute Gasteiger partial charge is 0.253 e. The van der Waals surface area contributed by atoms with Crippen molar-refractivity contribution in [1.82, 2.24) is 19.7 Å². The Morgan fingerprint density at radius 3 is 2.50 bits per heavy atom. The van der Waals surface area contributed by atoms with Gasteiger partial charge in [0.2, 0.25) is 0 Å². The maximum absolute atomic E-state index is 12.7. The van der Waals surface area contributed by atoms with Gasteiger partial charge in [-0.3, -0.25) is 4.79 Å². The second-order valence-electron chi connectivity index (χ2n) is 6.49. The maximum atomic E-state index is 12.7. The van der Waals surface area contributed by atoms with E-state index < -0.39 is 0 Å². The highest BCUT2D eigenvalue weighted by Gasteiger charge is 2.26. The fraction of sp³-hybridized carbons (Fsp3) is 0.500. The Morgan fingerprint density at radius 2 is 1.88 bits per heavy atom. The SMILES string of the molecule is COCc1nncn1C1CCN(C(=O)c2cc(C)cc(C)c2)CC1. The van der Waals surface area contributed by atoms with Crippen LogP contribution in [0.1, 0.15) is 46.2 Å². The molecule has 1 saturated heterocycles. The van der Waals surface area contributed by atoms with Gasteiger partial charge in [0.25, 0.3) is 5.91 Å². The van der Waals surface area contributed by atoms with Gasteiger partial charge in [0.15, 0.2) is 5.82 Å². The van der Waals surface area contributed by atoms with Gasteiger partial charge >= 0.3 is 0 Å². The molecule has 1 fully saturated rings. The van der Waals surface area contributed by atoms with E-state index in [1.54, 1.807) is 13.4 Å². The van der Waals surface area contributed by atoms with Gasteiger partial charge in [0.05, 0.1) is 0 Å². The topological polar surface area (TPSA) is 60.3 Å². The van der Waals surface area contributed by atoms with E-state index in [2.05, 4.69) is 20.8 Å². The van der Waals surface area contributed by atoms with Crippen LogP contribution in [0.3, 0.4) is 0 Å². The Bertz CT molecular complexity index is 697. The van der Waals surface area contributed by atoms with E-state index >= 15 is 0 Å². The molecule has 0 saturated carbocycles. The number of benzene rings is 1. The summed E-state index contributed by atoms with van der Waals surface area (Å²) in [5, 5.41) is 8.10. The van der Waals surface area contributed by atoms with Crippen LogP contribution >= 0.6 is 0 Å². The molecule has 0 radical (unpaired) electrons. The van der Waals surface area contributed by atoms with Crippen LogP contribution in [-0.2, 0) is 11.3 Å². The number of nitrogens with zero attached hydrogens (tertiary/aromatic N) is 4. The first-order valence-electron chi connectivity index (χ1n) is 8.33. The Labute approximate surface area is 142 Å². The normalized spacial score (nSPS) is 15.7. The Kier molecular flexibility index (Phi) is 4.94. The molecule has 3 rings (SSSR count). The van der Waals surface area contributed by atoms with Gasteiger partial charge in [0.1, 0.15) is 12.9 Å².